The van der Waals surface area contributed by atoms with E-state index in [1.807, 2.05) is 20.8 Å². The second-order valence-electron chi connectivity index (χ2n) is 7.85. The standard InChI is InChI=1S/C20H31NO6/c1-4-17(22)26-20(12(2)3)27-19(24)13-9-10-21-14(13)7-8-15(21)18(23)16-6-5-11-25-16/h5-6,11-15,17-18,20,22-23H,4,7-10H2,1-3H3/t13?,14?,15-,17+,18?,20?/m0/s1. The van der Waals surface area contributed by atoms with Crippen LogP contribution >= 0.6 is 0 Å². The number of aliphatic hydroxyl groups excluding tert-OH is 2. The van der Waals surface area contributed by atoms with E-state index in [0.717, 1.165) is 19.4 Å². The lowest BCUT2D eigenvalue weighted by molar-refractivity contribution is -0.242. The van der Waals surface area contributed by atoms with E-state index < -0.39 is 18.7 Å². The van der Waals surface area contributed by atoms with Crippen molar-refractivity contribution in [1.82, 2.24) is 4.90 Å². The number of ether oxygens (including phenoxy) is 2. The Hall–Kier alpha value is -1.41. The van der Waals surface area contributed by atoms with Gasteiger partial charge < -0.3 is 24.1 Å². The molecule has 0 saturated carbocycles. The Kier molecular flexibility index (Phi) is 6.57. The van der Waals surface area contributed by atoms with Crippen LogP contribution in [0.3, 0.4) is 0 Å². The van der Waals surface area contributed by atoms with Crippen LogP contribution in [0.5, 0.6) is 0 Å². The predicted octanol–water partition coefficient (Wildman–Crippen LogP) is 2.44. The van der Waals surface area contributed by atoms with Gasteiger partial charge in [0.15, 0.2) is 6.29 Å². The summed E-state index contributed by atoms with van der Waals surface area (Å²) in [5.41, 5.74) is 0. The fraction of sp³-hybridized carbons (Fsp3) is 0.750. The van der Waals surface area contributed by atoms with Gasteiger partial charge in [0.25, 0.3) is 0 Å². The topological polar surface area (TPSA) is 92.4 Å². The fourth-order valence-corrected chi connectivity index (χ4v) is 4.20. The average Bonchev–Trinajstić information content (AvgIpc) is 3.36. The van der Waals surface area contributed by atoms with E-state index in [2.05, 4.69) is 4.90 Å². The normalized spacial score (nSPS) is 28.9. The van der Waals surface area contributed by atoms with Crippen molar-refractivity contribution < 1.29 is 28.9 Å². The fourth-order valence-electron chi connectivity index (χ4n) is 4.20. The van der Waals surface area contributed by atoms with Gasteiger partial charge in [-0.2, -0.15) is 0 Å². The Labute approximate surface area is 160 Å². The molecule has 152 valence electrons. The minimum absolute atomic E-state index is 0.0435. The van der Waals surface area contributed by atoms with E-state index >= 15 is 0 Å². The van der Waals surface area contributed by atoms with Crippen molar-refractivity contribution >= 4 is 5.97 Å². The molecule has 0 aromatic carbocycles. The summed E-state index contributed by atoms with van der Waals surface area (Å²) in [6.45, 7) is 6.35. The van der Waals surface area contributed by atoms with E-state index in [0.29, 0.717) is 18.6 Å². The third kappa shape index (κ3) is 4.37. The Morgan fingerprint density at radius 2 is 2.11 bits per heavy atom. The predicted molar refractivity (Wildman–Crippen MR) is 97.4 cm³/mol. The molecule has 1 aromatic rings. The van der Waals surface area contributed by atoms with Crippen molar-refractivity contribution in [3.63, 3.8) is 0 Å². The largest absolute Gasteiger partial charge is 0.467 e. The number of hydrogen-bond acceptors (Lipinski definition) is 7. The number of fused-ring (bicyclic) bond motifs is 1. The SMILES string of the molecule is CC[C@H](O)OC(OC(=O)C1CCN2C1CC[C@H]2C(O)c1ccco1)C(C)C. The smallest absolute Gasteiger partial charge is 0.312 e. The Morgan fingerprint density at radius 3 is 2.74 bits per heavy atom. The molecule has 0 radical (unpaired) electrons. The molecule has 0 bridgehead atoms. The Balaban J connectivity index is 1.61. The van der Waals surface area contributed by atoms with Gasteiger partial charge in [-0.25, -0.2) is 0 Å². The van der Waals surface area contributed by atoms with Crippen molar-refractivity contribution in [3.05, 3.63) is 24.2 Å². The van der Waals surface area contributed by atoms with E-state index in [1.165, 1.54) is 0 Å². The second kappa shape index (κ2) is 8.73. The van der Waals surface area contributed by atoms with Crippen molar-refractivity contribution in [3.8, 4) is 0 Å². The quantitative estimate of drug-likeness (QED) is 0.528. The van der Waals surface area contributed by atoms with Gasteiger partial charge in [-0.05, 0) is 44.4 Å². The van der Waals surface area contributed by atoms with Crippen LogP contribution in [0.1, 0.15) is 58.3 Å². The molecule has 2 N–H and O–H groups in total. The number of furan rings is 1. The molecule has 2 saturated heterocycles. The highest BCUT2D eigenvalue weighted by atomic mass is 16.7. The van der Waals surface area contributed by atoms with Gasteiger partial charge in [0.2, 0.25) is 6.29 Å². The minimum Gasteiger partial charge on any atom is -0.467 e. The molecule has 0 spiro atoms. The Morgan fingerprint density at radius 1 is 1.33 bits per heavy atom. The molecule has 2 aliphatic rings. The van der Waals surface area contributed by atoms with Gasteiger partial charge >= 0.3 is 5.97 Å². The summed E-state index contributed by atoms with van der Waals surface area (Å²) in [4.78, 5) is 15.0. The molecule has 4 unspecified atom stereocenters. The van der Waals surface area contributed by atoms with Crippen molar-refractivity contribution in [1.29, 1.82) is 0 Å². The maximum absolute atomic E-state index is 12.8. The lowest BCUT2D eigenvalue weighted by atomic mass is 9.97. The molecule has 2 aliphatic heterocycles. The summed E-state index contributed by atoms with van der Waals surface area (Å²) < 4.78 is 16.4. The molecule has 7 nitrogen and oxygen atoms in total. The number of aliphatic hydroxyl groups is 2. The van der Waals surface area contributed by atoms with Crippen LogP contribution in [0.25, 0.3) is 0 Å². The van der Waals surface area contributed by atoms with E-state index in [1.54, 1.807) is 18.4 Å². The van der Waals surface area contributed by atoms with Crippen molar-refractivity contribution in [2.45, 2.75) is 77.2 Å². The van der Waals surface area contributed by atoms with E-state index in [-0.39, 0.29) is 29.9 Å². The third-order valence-electron chi connectivity index (χ3n) is 5.69. The maximum Gasteiger partial charge on any atom is 0.312 e. The molecule has 0 aliphatic carbocycles. The summed E-state index contributed by atoms with van der Waals surface area (Å²) in [5, 5.41) is 20.4. The number of hydrogen-bond donors (Lipinski definition) is 2. The van der Waals surface area contributed by atoms with Crippen molar-refractivity contribution in [2.75, 3.05) is 6.54 Å². The zero-order valence-corrected chi connectivity index (χ0v) is 16.3. The van der Waals surface area contributed by atoms with Gasteiger partial charge in [-0.3, -0.25) is 9.69 Å². The number of rotatable bonds is 8. The number of carbonyl (C=O) groups is 1. The summed E-state index contributed by atoms with van der Waals surface area (Å²) in [6.07, 6.45) is 1.97. The summed E-state index contributed by atoms with van der Waals surface area (Å²) in [6, 6.07) is 3.57. The molecule has 1 aromatic heterocycles. The first kappa shape index (κ1) is 20.3. The minimum atomic E-state index is -0.940. The Bertz CT molecular complexity index is 604. The van der Waals surface area contributed by atoms with Gasteiger partial charge in [0.05, 0.1) is 12.2 Å². The monoisotopic (exact) mass is 381 g/mol. The van der Waals surface area contributed by atoms with Crippen LogP contribution in [-0.4, -0.2) is 52.3 Å². The van der Waals surface area contributed by atoms with Gasteiger partial charge in [0.1, 0.15) is 11.9 Å². The zero-order chi connectivity index (χ0) is 19.6. The molecule has 3 rings (SSSR count). The second-order valence-corrected chi connectivity index (χ2v) is 7.85. The number of nitrogens with zero attached hydrogens (tertiary/aromatic N) is 1. The third-order valence-corrected chi connectivity index (χ3v) is 5.69. The molecule has 27 heavy (non-hydrogen) atoms. The van der Waals surface area contributed by atoms with Crippen LogP contribution < -0.4 is 0 Å². The molecular formula is C20H31NO6. The van der Waals surface area contributed by atoms with Crippen LogP contribution in [0, 0.1) is 11.8 Å². The van der Waals surface area contributed by atoms with E-state index in [9.17, 15) is 15.0 Å². The molecule has 0 amide bonds. The number of carbonyl (C=O) groups excluding carboxylic acids is 1. The van der Waals surface area contributed by atoms with Crippen LogP contribution in [0.15, 0.2) is 22.8 Å². The molecule has 6 atom stereocenters. The number of esters is 1. The van der Waals surface area contributed by atoms with Crippen molar-refractivity contribution in [2.24, 2.45) is 11.8 Å². The lowest BCUT2D eigenvalue weighted by Gasteiger charge is -2.29. The summed E-state index contributed by atoms with van der Waals surface area (Å²) in [5.74, 6) is -0.00155. The van der Waals surface area contributed by atoms with Gasteiger partial charge in [-0.15, -0.1) is 0 Å². The van der Waals surface area contributed by atoms with Crippen LogP contribution in [0.4, 0.5) is 0 Å². The zero-order valence-electron chi connectivity index (χ0n) is 16.3. The van der Waals surface area contributed by atoms with Gasteiger partial charge in [-0.1, -0.05) is 20.8 Å². The van der Waals surface area contributed by atoms with E-state index in [4.69, 9.17) is 13.9 Å². The first-order chi connectivity index (χ1) is 12.9. The van der Waals surface area contributed by atoms with Crippen LogP contribution in [-0.2, 0) is 14.3 Å². The average molecular weight is 381 g/mol. The highest BCUT2D eigenvalue weighted by Crippen LogP contribution is 2.41. The maximum atomic E-state index is 12.8. The first-order valence-electron chi connectivity index (χ1n) is 9.93. The first-order valence-corrected chi connectivity index (χ1v) is 9.93. The molecular weight excluding hydrogens is 350 g/mol. The highest BCUT2D eigenvalue weighted by molar-refractivity contribution is 5.74. The highest BCUT2D eigenvalue weighted by Gasteiger charge is 2.49. The van der Waals surface area contributed by atoms with Gasteiger partial charge in [0, 0.05) is 18.0 Å². The summed E-state index contributed by atoms with van der Waals surface area (Å²) >= 11 is 0. The lowest BCUT2D eigenvalue weighted by Crippen LogP contribution is -2.39. The summed E-state index contributed by atoms with van der Waals surface area (Å²) in [7, 11) is 0. The molecule has 3 heterocycles. The molecule has 2 fully saturated rings. The van der Waals surface area contributed by atoms with Crippen LogP contribution in [0.2, 0.25) is 0 Å². The molecule has 7 heteroatoms.